The van der Waals surface area contributed by atoms with Gasteiger partial charge in [-0.15, -0.1) is 0 Å². The highest BCUT2D eigenvalue weighted by atomic mass is 16.6. The summed E-state index contributed by atoms with van der Waals surface area (Å²) in [5.74, 6) is 5.24. The van der Waals surface area contributed by atoms with E-state index in [4.69, 9.17) is 9.47 Å². The highest BCUT2D eigenvalue weighted by molar-refractivity contribution is 5.76. The lowest BCUT2D eigenvalue weighted by molar-refractivity contribution is -0.196. The quantitative estimate of drug-likeness (QED) is 0.365. The van der Waals surface area contributed by atoms with Gasteiger partial charge in [-0.05, 0) is 139 Å². The van der Waals surface area contributed by atoms with Gasteiger partial charge in [0.25, 0.3) is 0 Å². The Labute approximate surface area is 213 Å². The number of carbonyl (C=O) groups excluding carboxylic acids is 2. The number of ether oxygens (including phenoxy) is 2. The fraction of sp³-hybridized carbons (Fsp3) is 0.935. The van der Waals surface area contributed by atoms with Gasteiger partial charge in [-0.1, -0.05) is 20.8 Å². The van der Waals surface area contributed by atoms with Gasteiger partial charge in [-0.3, -0.25) is 9.59 Å². The largest absolute Gasteiger partial charge is 0.459 e. The van der Waals surface area contributed by atoms with Gasteiger partial charge in [0.15, 0.2) is 0 Å². The average Bonchev–Trinajstić information content (AvgIpc) is 2.76. The zero-order chi connectivity index (χ0) is 25.0. The molecule has 8 rings (SSSR count). The van der Waals surface area contributed by atoms with Crippen molar-refractivity contribution in [1.29, 1.82) is 0 Å². The highest BCUT2D eigenvalue weighted by Gasteiger charge is 2.54. The molecule has 0 amide bonds. The Morgan fingerprint density at radius 2 is 1.06 bits per heavy atom. The van der Waals surface area contributed by atoms with E-state index in [0.29, 0.717) is 0 Å². The predicted molar refractivity (Wildman–Crippen MR) is 138 cm³/mol. The maximum Gasteiger partial charge on any atom is 0.312 e. The van der Waals surface area contributed by atoms with Crippen LogP contribution < -0.4 is 0 Å². The normalized spacial score (nSPS) is 43.3. The summed E-state index contributed by atoms with van der Waals surface area (Å²) in [6.45, 7) is 10.1. The van der Waals surface area contributed by atoms with Crippen LogP contribution in [0.15, 0.2) is 0 Å². The van der Waals surface area contributed by atoms with Crippen molar-refractivity contribution in [2.24, 2.45) is 46.8 Å². The summed E-state index contributed by atoms with van der Waals surface area (Å²) in [5.41, 5.74) is -0.434. The fourth-order valence-electron chi connectivity index (χ4n) is 9.27. The highest BCUT2D eigenvalue weighted by Crippen LogP contribution is 2.58. The summed E-state index contributed by atoms with van der Waals surface area (Å²) >= 11 is 0. The van der Waals surface area contributed by atoms with E-state index in [0.717, 1.165) is 86.9 Å². The van der Waals surface area contributed by atoms with Gasteiger partial charge in [0.05, 0.1) is 11.3 Å². The van der Waals surface area contributed by atoms with Crippen molar-refractivity contribution in [3.8, 4) is 0 Å². The molecule has 0 spiro atoms. The third-order valence-corrected chi connectivity index (χ3v) is 11.0. The molecule has 0 saturated heterocycles. The first-order valence-corrected chi connectivity index (χ1v) is 15.0. The maximum absolute atomic E-state index is 12.4. The Morgan fingerprint density at radius 1 is 0.714 bits per heavy atom. The van der Waals surface area contributed by atoms with Crippen LogP contribution in [-0.4, -0.2) is 23.1 Å². The van der Waals surface area contributed by atoms with E-state index in [2.05, 4.69) is 13.8 Å². The topological polar surface area (TPSA) is 52.6 Å². The molecule has 0 aromatic heterocycles. The summed E-state index contributed by atoms with van der Waals surface area (Å²) in [6.07, 6.45) is 17.0. The standard InChI is InChI=1S/C16H26O2.C15H24O2/c1-4-15(2,3)14(17)18-16-8-11-5-12(9-16)7-13(6-11)10-16;1-3-10(2)14(16)17-15-7-11-4-12(8-15)6-13(5-11)9-15/h11-13H,4-10H2,1-3H3;10-13H,3-9H2,1-2H3. The van der Waals surface area contributed by atoms with Crippen LogP contribution in [0.2, 0.25) is 0 Å². The first kappa shape index (κ1) is 25.6. The van der Waals surface area contributed by atoms with Crippen LogP contribution in [0.4, 0.5) is 0 Å². The average molecular weight is 487 g/mol. The number of esters is 2. The van der Waals surface area contributed by atoms with E-state index >= 15 is 0 Å². The Bertz CT molecular complexity index is 740. The molecule has 8 aliphatic rings. The molecule has 0 aromatic rings. The van der Waals surface area contributed by atoms with E-state index in [9.17, 15) is 9.59 Å². The third-order valence-electron chi connectivity index (χ3n) is 11.0. The molecule has 0 radical (unpaired) electrons. The molecule has 35 heavy (non-hydrogen) atoms. The molecule has 0 heterocycles. The first-order valence-electron chi connectivity index (χ1n) is 15.0. The van der Waals surface area contributed by atoms with Crippen LogP contribution in [0, 0.1) is 46.8 Å². The molecule has 8 saturated carbocycles. The second-order valence-electron chi connectivity index (χ2n) is 14.6. The fourth-order valence-corrected chi connectivity index (χ4v) is 9.27. The molecule has 0 aromatic carbocycles. The molecule has 8 fully saturated rings. The van der Waals surface area contributed by atoms with E-state index in [1.165, 1.54) is 38.5 Å². The summed E-state index contributed by atoms with van der Waals surface area (Å²) < 4.78 is 12.0. The lowest BCUT2D eigenvalue weighted by Crippen LogP contribution is -2.53. The SMILES string of the molecule is CCC(C)(C)C(=O)OC12CC3CC(CC(C3)C1)C2.CCC(C)C(=O)OC12CC3CC(CC(C3)C1)C2. The van der Waals surface area contributed by atoms with E-state index < -0.39 is 0 Å². The van der Waals surface area contributed by atoms with E-state index in [1.807, 2.05) is 20.8 Å². The van der Waals surface area contributed by atoms with Gasteiger partial charge < -0.3 is 9.47 Å². The molecule has 1 atom stereocenters. The van der Waals surface area contributed by atoms with Crippen molar-refractivity contribution in [3.63, 3.8) is 0 Å². The molecular weight excluding hydrogens is 436 g/mol. The summed E-state index contributed by atoms with van der Waals surface area (Å²) in [4.78, 5) is 24.4. The Hall–Kier alpha value is -1.06. The predicted octanol–water partition coefficient (Wildman–Crippen LogP) is 7.48. The smallest absolute Gasteiger partial charge is 0.312 e. The number of hydrogen-bond donors (Lipinski definition) is 0. The summed E-state index contributed by atoms with van der Waals surface area (Å²) in [6, 6.07) is 0. The molecule has 4 nitrogen and oxygen atoms in total. The van der Waals surface area contributed by atoms with Crippen LogP contribution in [-0.2, 0) is 19.1 Å². The Morgan fingerprint density at radius 3 is 1.37 bits per heavy atom. The van der Waals surface area contributed by atoms with Crippen molar-refractivity contribution >= 4 is 11.9 Å². The Kier molecular flexibility index (Phi) is 6.84. The van der Waals surface area contributed by atoms with Crippen molar-refractivity contribution in [1.82, 2.24) is 0 Å². The number of hydrogen-bond acceptors (Lipinski definition) is 4. The molecule has 8 aliphatic carbocycles. The van der Waals surface area contributed by atoms with Crippen LogP contribution in [0.25, 0.3) is 0 Å². The van der Waals surface area contributed by atoms with Crippen molar-refractivity contribution in [2.75, 3.05) is 0 Å². The van der Waals surface area contributed by atoms with Crippen LogP contribution >= 0.6 is 0 Å². The minimum atomic E-state index is -0.316. The molecule has 0 aliphatic heterocycles. The Balaban J connectivity index is 0.000000145. The number of carbonyl (C=O) groups is 2. The van der Waals surface area contributed by atoms with Gasteiger partial charge >= 0.3 is 11.9 Å². The number of rotatable bonds is 6. The van der Waals surface area contributed by atoms with E-state index in [-0.39, 0.29) is 34.5 Å². The molecule has 4 heteroatoms. The van der Waals surface area contributed by atoms with Crippen molar-refractivity contribution in [3.05, 3.63) is 0 Å². The minimum Gasteiger partial charge on any atom is -0.459 e. The maximum atomic E-state index is 12.4. The van der Waals surface area contributed by atoms with Crippen molar-refractivity contribution < 1.29 is 19.1 Å². The molecule has 1 unspecified atom stereocenters. The summed E-state index contributed by atoms with van der Waals surface area (Å²) in [5, 5.41) is 0. The minimum absolute atomic E-state index is 0.0342. The van der Waals surface area contributed by atoms with Gasteiger partial charge in [0.2, 0.25) is 0 Å². The van der Waals surface area contributed by atoms with Gasteiger partial charge in [0, 0.05) is 0 Å². The second-order valence-corrected chi connectivity index (χ2v) is 14.6. The van der Waals surface area contributed by atoms with Gasteiger partial charge in [-0.2, -0.15) is 0 Å². The van der Waals surface area contributed by atoms with Crippen molar-refractivity contribution in [2.45, 2.75) is 136 Å². The molecule has 0 N–H and O–H groups in total. The molecule has 198 valence electrons. The zero-order valence-corrected chi connectivity index (χ0v) is 23.1. The molecule has 8 bridgehead atoms. The lowest BCUT2D eigenvalue weighted by atomic mass is 9.54. The van der Waals surface area contributed by atoms with Gasteiger partial charge in [0.1, 0.15) is 11.2 Å². The van der Waals surface area contributed by atoms with Crippen LogP contribution in [0.5, 0.6) is 0 Å². The van der Waals surface area contributed by atoms with Crippen LogP contribution in [0.3, 0.4) is 0 Å². The monoisotopic (exact) mass is 486 g/mol. The lowest BCUT2D eigenvalue weighted by Gasteiger charge is -2.56. The van der Waals surface area contributed by atoms with Crippen LogP contribution in [0.1, 0.15) is 125 Å². The van der Waals surface area contributed by atoms with E-state index in [1.54, 1.807) is 0 Å². The van der Waals surface area contributed by atoms with Gasteiger partial charge in [-0.25, -0.2) is 0 Å². The second kappa shape index (κ2) is 9.35. The first-order chi connectivity index (χ1) is 16.5. The summed E-state index contributed by atoms with van der Waals surface area (Å²) in [7, 11) is 0. The third kappa shape index (κ3) is 5.19. The molecular formula is C31H50O4. The zero-order valence-electron chi connectivity index (χ0n) is 23.1.